The Balaban J connectivity index is 0.00000338. The molecule has 0 spiro atoms. The molecule has 2 N–H and O–H groups in total. The summed E-state index contributed by atoms with van der Waals surface area (Å²) in [5.74, 6) is 1.65. The molecule has 2 rings (SSSR count). The first-order valence-corrected chi connectivity index (χ1v) is 8.42. The zero-order chi connectivity index (χ0) is 17.9. The van der Waals surface area contributed by atoms with Crippen LogP contribution in [0.5, 0.6) is 5.75 Å². The Bertz CT molecular complexity index is 648. The van der Waals surface area contributed by atoms with Crippen molar-refractivity contribution in [1.29, 1.82) is 0 Å². The van der Waals surface area contributed by atoms with Crippen molar-refractivity contribution in [3.63, 3.8) is 0 Å². The lowest BCUT2D eigenvalue weighted by molar-refractivity contribution is 0.106. The van der Waals surface area contributed by atoms with Crippen molar-refractivity contribution >= 4 is 29.9 Å². The van der Waals surface area contributed by atoms with Gasteiger partial charge in [-0.2, -0.15) is 0 Å². The van der Waals surface area contributed by atoms with Crippen LogP contribution in [-0.2, 0) is 11.2 Å². The van der Waals surface area contributed by atoms with E-state index in [9.17, 15) is 0 Å². The Hall–Kier alpha value is -1.80. The van der Waals surface area contributed by atoms with E-state index in [2.05, 4.69) is 39.9 Å². The van der Waals surface area contributed by atoms with Gasteiger partial charge in [0.15, 0.2) is 5.96 Å². The molecule has 0 saturated heterocycles. The first-order chi connectivity index (χ1) is 12.3. The molecule has 26 heavy (non-hydrogen) atoms. The predicted molar refractivity (Wildman–Crippen MR) is 118 cm³/mol. The molecule has 2 aromatic rings. The molecule has 2 aromatic carbocycles. The fraction of sp³-hybridized carbons (Fsp3) is 0.350. The van der Waals surface area contributed by atoms with Gasteiger partial charge in [-0.15, -0.1) is 24.0 Å². The molecule has 5 nitrogen and oxygen atoms in total. The number of nitrogens with one attached hydrogen (secondary N) is 2. The van der Waals surface area contributed by atoms with Crippen molar-refractivity contribution < 1.29 is 9.47 Å². The molecular formula is C20H28IN3O2. The number of methoxy groups -OCH3 is 2. The molecule has 0 radical (unpaired) electrons. The second kappa shape index (κ2) is 12.5. The van der Waals surface area contributed by atoms with Gasteiger partial charge in [-0.3, -0.25) is 4.99 Å². The number of hydrogen-bond donors (Lipinski definition) is 2. The average Bonchev–Trinajstić information content (AvgIpc) is 2.68. The van der Waals surface area contributed by atoms with E-state index >= 15 is 0 Å². The monoisotopic (exact) mass is 469 g/mol. The summed E-state index contributed by atoms with van der Waals surface area (Å²) in [6.45, 7) is 1.46. The molecule has 0 saturated carbocycles. The van der Waals surface area contributed by atoms with E-state index < -0.39 is 0 Å². The van der Waals surface area contributed by atoms with Gasteiger partial charge in [-0.1, -0.05) is 42.5 Å². The summed E-state index contributed by atoms with van der Waals surface area (Å²) in [6.07, 6.45) is 0.901. The van der Waals surface area contributed by atoms with Crippen LogP contribution < -0.4 is 15.4 Å². The zero-order valence-electron chi connectivity index (χ0n) is 15.6. The van der Waals surface area contributed by atoms with E-state index in [1.165, 1.54) is 5.56 Å². The summed E-state index contributed by atoms with van der Waals surface area (Å²) < 4.78 is 10.7. The highest BCUT2D eigenvalue weighted by molar-refractivity contribution is 14.0. The van der Waals surface area contributed by atoms with Gasteiger partial charge in [-0.05, 0) is 29.7 Å². The third-order valence-corrected chi connectivity index (χ3v) is 4.00. The molecule has 0 heterocycles. The lowest BCUT2D eigenvalue weighted by Gasteiger charge is -2.18. The Morgan fingerprint density at radius 3 is 2.27 bits per heavy atom. The highest BCUT2D eigenvalue weighted by Gasteiger charge is 2.10. The molecular weight excluding hydrogens is 441 g/mol. The van der Waals surface area contributed by atoms with Crippen LogP contribution in [0.3, 0.4) is 0 Å². The summed E-state index contributed by atoms with van der Waals surface area (Å²) in [4.78, 5) is 4.27. The van der Waals surface area contributed by atoms with Crippen LogP contribution in [0.15, 0.2) is 59.6 Å². The number of halogens is 1. The lowest BCUT2D eigenvalue weighted by Crippen LogP contribution is -2.40. The van der Waals surface area contributed by atoms with Gasteiger partial charge in [0, 0.05) is 27.2 Å². The van der Waals surface area contributed by atoms with Gasteiger partial charge in [-0.25, -0.2) is 0 Å². The fourth-order valence-corrected chi connectivity index (χ4v) is 2.53. The molecule has 0 fully saturated rings. The van der Waals surface area contributed by atoms with Crippen molar-refractivity contribution in [3.05, 3.63) is 65.7 Å². The normalized spacial score (nSPS) is 12.0. The Kier molecular flexibility index (Phi) is 10.7. The number of aliphatic imine (C=N–C) groups is 1. The summed E-state index contributed by atoms with van der Waals surface area (Å²) in [5, 5.41) is 6.65. The molecule has 1 atom stereocenters. The fourth-order valence-electron chi connectivity index (χ4n) is 2.53. The predicted octanol–water partition coefficient (Wildman–Crippen LogP) is 3.41. The summed E-state index contributed by atoms with van der Waals surface area (Å²) in [5.41, 5.74) is 2.40. The topological polar surface area (TPSA) is 54.9 Å². The third-order valence-electron chi connectivity index (χ3n) is 4.00. The summed E-state index contributed by atoms with van der Waals surface area (Å²) in [6, 6.07) is 18.3. The first-order valence-electron chi connectivity index (χ1n) is 8.42. The smallest absolute Gasteiger partial charge is 0.191 e. The third kappa shape index (κ3) is 7.21. The van der Waals surface area contributed by atoms with E-state index in [-0.39, 0.29) is 30.1 Å². The van der Waals surface area contributed by atoms with Crippen LogP contribution in [0.1, 0.15) is 17.2 Å². The molecule has 142 valence electrons. The van der Waals surface area contributed by atoms with Crippen LogP contribution in [0.2, 0.25) is 0 Å². The number of hydrogen-bond acceptors (Lipinski definition) is 3. The second-order valence-corrected chi connectivity index (χ2v) is 5.61. The summed E-state index contributed by atoms with van der Waals surface area (Å²) in [7, 11) is 5.17. The van der Waals surface area contributed by atoms with Crippen molar-refractivity contribution in [2.24, 2.45) is 4.99 Å². The maximum atomic E-state index is 5.57. The van der Waals surface area contributed by atoms with Gasteiger partial charge in [0.2, 0.25) is 0 Å². The molecule has 1 unspecified atom stereocenters. The van der Waals surface area contributed by atoms with Gasteiger partial charge in [0.25, 0.3) is 0 Å². The minimum absolute atomic E-state index is 0. The number of guanidine groups is 1. The van der Waals surface area contributed by atoms with Gasteiger partial charge >= 0.3 is 0 Å². The Morgan fingerprint density at radius 1 is 1.00 bits per heavy atom. The summed E-state index contributed by atoms with van der Waals surface area (Å²) >= 11 is 0. The Labute approximate surface area is 173 Å². The number of rotatable bonds is 8. The van der Waals surface area contributed by atoms with Crippen LogP contribution in [0.4, 0.5) is 0 Å². The zero-order valence-corrected chi connectivity index (χ0v) is 17.9. The molecule has 0 bridgehead atoms. The van der Waals surface area contributed by atoms with E-state index in [0.29, 0.717) is 6.54 Å². The second-order valence-electron chi connectivity index (χ2n) is 5.61. The quantitative estimate of drug-likeness (QED) is 0.354. The van der Waals surface area contributed by atoms with Crippen molar-refractivity contribution in [2.75, 3.05) is 34.4 Å². The van der Waals surface area contributed by atoms with E-state index in [1.54, 1.807) is 21.3 Å². The molecule has 0 aromatic heterocycles. The number of benzene rings is 2. The van der Waals surface area contributed by atoms with E-state index in [1.807, 2.05) is 30.3 Å². The molecule has 0 aliphatic carbocycles. The Morgan fingerprint density at radius 2 is 1.69 bits per heavy atom. The first kappa shape index (κ1) is 22.2. The molecule has 0 aliphatic rings. The molecule has 0 amide bonds. The van der Waals surface area contributed by atoms with E-state index in [4.69, 9.17) is 9.47 Å². The SMILES string of the molecule is CN=C(NCCc1ccc(OC)cc1)NCC(OC)c1ccccc1.I. The lowest BCUT2D eigenvalue weighted by atomic mass is 10.1. The number of ether oxygens (including phenoxy) is 2. The maximum absolute atomic E-state index is 5.57. The highest BCUT2D eigenvalue weighted by Crippen LogP contribution is 2.14. The maximum Gasteiger partial charge on any atom is 0.191 e. The van der Waals surface area contributed by atoms with Crippen molar-refractivity contribution in [2.45, 2.75) is 12.5 Å². The molecule has 6 heteroatoms. The minimum atomic E-state index is -0.0126. The van der Waals surface area contributed by atoms with Crippen LogP contribution >= 0.6 is 24.0 Å². The molecule has 0 aliphatic heterocycles. The van der Waals surface area contributed by atoms with Gasteiger partial charge < -0.3 is 20.1 Å². The van der Waals surface area contributed by atoms with Crippen molar-refractivity contribution in [1.82, 2.24) is 10.6 Å². The van der Waals surface area contributed by atoms with E-state index in [0.717, 1.165) is 30.2 Å². The number of nitrogens with zero attached hydrogens (tertiary/aromatic N) is 1. The largest absolute Gasteiger partial charge is 0.497 e. The van der Waals surface area contributed by atoms with Gasteiger partial charge in [0.05, 0.1) is 13.2 Å². The highest BCUT2D eigenvalue weighted by atomic mass is 127. The van der Waals surface area contributed by atoms with Crippen LogP contribution in [-0.4, -0.2) is 40.3 Å². The minimum Gasteiger partial charge on any atom is -0.497 e. The standard InChI is InChI=1S/C20H27N3O2.HI/c1-21-20(22-14-13-16-9-11-18(24-2)12-10-16)23-15-19(25-3)17-7-5-4-6-8-17;/h4-12,19H,13-15H2,1-3H3,(H2,21,22,23);1H. The van der Waals surface area contributed by atoms with Crippen molar-refractivity contribution in [3.8, 4) is 5.75 Å². The van der Waals surface area contributed by atoms with Crippen LogP contribution in [0, 0.1) is 0 Å². The average molecular weight is 469 g/mol. The van der Waals surface area contributed by atoms with Gasteiger partial charge in [0.1, 0.15) is 5.75 Å². The van der Waals surface area contributed by atoms with Crippen LogP contribution in [0.25, 0.3) is 0 Å².